The number of ether oxygens (including phenoxy) is 3. The largest absolute Gasteiger partial charge is 0.491 e. The molecular weight excluding hydrogens is 635 g/mol. The van der Waals surface area contributed by atoms with Gasteiger partial charge in [0.2, 0.25) is 0 Å². The Bertz CT molecular complexity index is 1400. The van der Waals surface area contributed by atoms with Crippen LogP contribution in [0.1, 0.15) is 44.1 Å². The first-order chi connectivity index (χ1) is 21.4. The summed E-state index contributed by atoms with van der Waals surface area (Å²) in [5, 5.41) is 26.7. The van der Waals surface area contributed by atoms with Crippen LogP contribution in [0.15, 0.2) is 77.1 Å². The van der Waals surface area contributed by atoms with Crippen LogP contribution in [0.2, 0.25) is 0 Å². The Morgan fingerprint density at radius 2 is 1.74 bits per heavy atom. The van der Waals surface area contributed by atoms with Gasteiger partial charge in [0.15, 0.2) is 0 Å². The molecule has 2 atom stereocenters. The molecule has 1 aliphatic rings. The maximum atomic E-state index is 14.2. The van der Waals surface area contributed by atoms with Crippen molar-refractivity contribution < 1.29 is 47.0 Å². The average molecular weight is 672 g/mol. The summed E-state index contributed by atoms with van der Waals surface area (Å²) < 4.78 is 58.1. The summed E-state index contributed by atoms with van der Waals surface area (Å²) in [5.41, 5.74) is -3.35. The Balaban J connectivity index is 0.00000736. The smallest absolute Gasteiger partial charge is 0.431 e. The van der Waals surface area contributed by atoms with E-state index >= 15 is 0 Å². The van der Waals surface area contributed by atoms with Gasteiger partial charge >= 0.3 is 18.1 Å². The number of carbonyl (C=O) groups excluding carboxylic acids is 2. The van der Waals surface area contributed by atoms with Crippen LogP contribution in [-0.2, 0) is 19.1 Å². The van der Waals surface area contributed by atoms with Gasteiger partial charge in [0.25, 0.3) is 5.69 Å². The second-order valence-corrected chi connectivity index (χ2v) is 10.3. The molecule has 2 aromatic carbocycles. The molecule has 46 heavy (non-hydrogen) atoms. The SMILES string of the molecule is COC(=O)C1=C(C)NC(C(F)(F)F)=C(C(=O)OCCCCCCNCC(O)COc2ccccc2)C1c1cccc([N+](=O)[O-])c1.Cl. The number of alkyl halides is 3. The van der Waals surface area contributed by atoms with Crippen molar-refractivity contribution in [3.05, 3.63) is 92.8 Å². The summed E-state index contributed by atoms with van der Waals surface area (Å²) in [6.45, 7) is 2.13. The monoisotopic (exact) mass is 671 g/mol. The first-order valence-electron chi connectivity index (χ1n) is 14.3. The topological polar surface area (TPSA) is 149 Å². The number of hydrogen-bond donors (Lipinski definition) is 3. The lowest BCUT2D eigenvalue weighted by Gasteiger charge is -2.32. The molecule has 0 fully saturated rings. The van der Waals surface area contributed by atoms with Crippen molar-refractivity contribution in [3.63, 3.8) is 0 Å². The maximum Gasteiger partial charge on any atom is 0.431 e. The van der Waals surface area contributed by atoms with Crippen molar-refractivity contribution in [1.29, 1.82) is 0 Å². The minimum absolute atomic E-state index is 0. The predicted molar refractivity (Wildman–Crippen MR) is 164 cm³/mol. The number of unbranched alkanes of at least 4 members (excludes halogenated alkanes) is 3. The van der Waals surface area contributed by atoms with E-state index in [1.165, 1.54) is 19.1 Å². The molecule has 3 N–H and O–H groups in total. The van der Waals surface area contributed by atoms with E-state index in [2.05, 4.69) is 10.6 Å². The molecule has 0 saturated heterocycles. The minimum Gasteiger partial charge on any atom is -0.491 e. The fourth-order valence-electron chi connectivity index (χ4n) is 4.79. The fraction of sp³-hybridized carbons (Fsp3) is 0.419. The van der Waals surface area contributed by atoms with E-state index in [9.17, 15) is 38.0 Å². The van der Waals surface area contributed by atoms with E-state index in [4.69, 9.17) is 14.2 Å². The lowest BCUT2D eigenvalue weighted by atomic mass is 9.80. The number of methoxy groups -OCH3 is 1. The summed E-state index contributed by atoms with van der Waals surface area (Å²) in [6, 6.07) is 13.8. The average Bonchev–Trinajstić information content (AvgIpc) is 3.02. The van der Waals surface area contributed by atoms with E-state index in [-0.39, 0.29) is 42.5 Å². The Morgan fingerprint density at radius 1 is 1.04 bits per heavy atom. The number of esters is 2. The van der Waals surface area contributed by atoms with Crippen molar-refractivity contribution >= 4 is 30.0 Å². The van der Waals surface area contributed by atoms with Crippen LogP contribution < -0.4 is 15.4 Å². The van der Waals surface area contributed by atoms with E-state index in [1.54, 1.807) is 12.1 Å². The van der Waals surface area contributed by atoms with Crippen LogP contribution in [0.3, 0.4) is 0 Å². The van der Waals surface area contributed by atoms with Crippen LogP contribution in [0.5, 0.6) is 5.75 Å². The Hall–Kier alpha value is -4.14. The van der Waals surface area contributed by atoms with Gasteiger partial charge in [0.05, 0.1) is 35.7 Å². The molecule has 0 spiro atoms. The first-order valence-corrected chi connectivity index (χ1v) is 14.3. The van der Waals surface area contributed by atoms with Gasteiger partial charge in [0, 0.05) is 24.4 Å². The van der Waals surface area contributed by atoms with E-state index in [0.29, 0.717) is 31.7 Å². The number of aliphatic hydroxyl groups is 1. The van der Waals surface area contributed by atoms with Gasteiger partial charge in [-0.05, 0) is 44.0 Å². The zero-order valence-electron chi connectivity index (χ0n) is 25.3. The molecule has 1 aliphatic heterocycles. The van der Waals surface area contributed by atoms with Gasteiger partial charge in [-0.2, -0.15) is 13.2 Å². The summed E-state index contributed by atoms with van der Waals surface area (Å²) in [7, 11) is 1.03. The van der Waals surface area contributed by atoms with Crippen LogP contribution in [0.4, 0.5) is 18.9 Å². The third kappa shape index (κ3) is 10.7. The van der Waals surface area contributed by atoms with Crippen molar-refractivity contribution in [2.24, 2.45) is 0 Å². The van der Waals surface area contributed by atoms with Gasteiger partial charge in [-0.3, -0.25) is 10.1 Å². The molecular formula is C31H37ClF3N3O8. The molecule has 252 valence electrons. The zero-order valence-corrected chi connectivity index (χ0v) is 26.1. The van der Waals surface area contributed by atoms with Gasteiger partial charge in [-0.25, -0.2) is 9.59 Å². The Kier molecular flexibility index (Phi) is 15.0. The third-order valence-electron chi connectivity index (χ3n) is 6.93. The molecule has 0 aromatic heterocycles. The van der Waals surface area contributed by atoms with Crippen LogP contribution in [0.25, 0.3) is 0 Å². The Labute approximate surface area is 270 Å². The molecule has 2 unspecified atom stereocenters. The number of rotatable bonds is 16. The normalized spacial score (nSPS) is 15.4. The number of carbonyl (C=O) groups is 2. The molecule has 0 bridgehead atoms. The van der Waals surface area contributed by atoms with Gasteiger partial charge in [-0.15, -0.1) is 12.4 Å². The fourth-order valence-corrected chi connectivity index (χ4v) is 4.79. The van der Waals surface area contributed by atoms with Crippen LogP contribution in [0, 0.1) is 10.1 Å². The molecule has 0 radical (unpaired) electrons. The molecule has 0 saturated carbocycles. The minimum atomic E-state index is -5.04. The lowest BCUT2D eigenvalue weighted by Crippen LogP contribution is -2.38. The molecule has 1 heterocycles. The summed E-state index contributed by atoms with van der Waals surface area (Å²) in [6.07, 6.45) is -3.29. The van der Waals surface area contributed by atoms with E-state index in [1.807, 2.05) is 18.2 Å². The quantitative estimate of drug-likeness (QED) is 0.0952. The maximum absolute atomic E-state index is 14.2. The number of halogens is 4. The summed E-state index contributed by atoms with van der Waals surface area (Å²) >= 11 is 0. The van der Waals surface area contributed by atoms with Crippen molar-refractivity contribution in [2.75, 3.05) is 33.4 Å². The highest BCUT2D eigenvalue weighted by molar-refractivity contribution is 6.00. The highest BCUT2D eigenvalue weighted by Crippen LogP contribution is 2.44. The number of hydrogen-bond acceptors (Lipinski definition) is 10. The van der Waals surface area contributed by atoms with Gasteiger partial charge in [-0.1, -0.05) is 43.2 Å². The highest BCUT2D eigenvalue weighted by Gasteiger charge is 2.47. The number of nitrogens with one attached hydrogen (secondary N) is 2. The molecule has 11 nitrogen and oxygen atoms in total. The van der Waals surface area contributed by atoms with Gasteiger partial charge in [0.1, 0.15) is 24.2 Å². The van der Waals surface area contributed by atoms with Crippen molar-refractivity contribution in [1.82, 2.24) is 10.6 Å². The molecule has 3 rings (SSSR count). The predicted octanol–water partition coefficient (Wildman–Crippen LogP) is 5.10. The number of nitro benzene ring substituents is 1. The number of non-ortho nitro benzene ring substituents is 1. The lowest BCUT2D eigenvalue weighted by molar-refractivity contribution is -0.384. The number of benzene rings is 2. The number of nitrogens with zero attached hydrogens (tertiary/aromatic N) is 1. The number of aliphatic hydroxyl groups excluding tert-OH is 1. The third-order valence-corrected chi connectivity index (χ3v) is 6.93. The van der Waals surface area contributed by atoms with Crippen molar-refractivity contribution in [3.8, 4) is 5.75 Å². The Morgan fingerprint density at radius 3 is 2.39 bits per heavy atom. The van der Waals surface area contributed by atoms with Crippen molar-refractivity contribution in [2.45, 2.75) is 50.8 Å². The molecule has 15 heteroatoms. The van der Waals surface area contributed by atoms with E-state index in [0.717, 1.165) is 32.1 Å². The van der Waals surface area contributed by atoms with Gasteiger partial charge < -0.3 is 30.0 Å². The first kappa shape index (κ1) is 38.0. The molecule has 0 amide bonds. The van der Waals surface area contributed by atoms with Crippen LogP contribution >= 0.6 is 12.4 Å². The number of para-hydroxylation sites is 1. The zero-order chi connectivity index (χ0) is 33.0. The molecule has 0 aliphatic carbocycles. The number of allylic oxidation sites excluding steroid dienone is 2. The number of nitro groups is 1. The summed E-state index contributed by atoms with van der Waals surface area (Å²) in [4.78, 5) is 36.6. The van der Waals surface area contributed by atoms with E-state index < -0.39 is 52.0 Å². The summed E-state index contributed by atoms with van der Waals surface area (Å²) in [5.74, 6) is -3.29. The number of dihydropyridines is 1. The molecule has 2 aromatic rings. The highest BCUT2D eigenvalue weighted by atomic mass is 35.5. The second kappa shape index (κ2) is 18.1. The van der Waals surface area contributed by atoms with Crippen LogP contribution in [-0.4, -0.2) is 67.7 Å². The second-order valence-electron chi connectivity index (χ2n) is 10.3. The standard InChI is InChI=1S/C31H36F3N3O8.ClH/c1-20-25(29(39)43-2)26(21-11-10-12-22(17-21)37(41)42)27(28(36-20)31(32,33)34)30(40)44-16-9-4-3-8-15-35-18-23(38)19-45-24-13-6-5-7-14-24;/h5-7,10-14,17,23,26,35-36,38H,3-4,8-9,15-16,18-19H2,1-2H3;1H.